The maximum absolute atomic E-state index is 5.08. The Kier molecular flexibility index (Phi) is 3.04. The van der Waals surface area contributed by atoms with Gasteiger partial charge in [0, 0.05) is 29.6 Å². The summed E-state index contributed by atoms with van der Waals surface area (Å²) in [6.07, 6.45) is 1.81. The summed E-state index contributed by atoms with van der Waals surface area (Å²) in [5.74, 6) is 0. The molecule has 3 rings (SSSR count). The third-order valence-corrected chi connectivity index (χ3v) is 3.63. The first-order chi connectivity index (χ1) is 8.86. The molecular weight excluding hydrogens is 244 g/mol. The molecule has 0 fully saturated rings. The Labute approximate surface area is 109 Å². The van der Waals surface area contributed by atoms with Crippen molar-refractivity contribution in [3.8, 4) is 10.6 Å². The van der Waals surface area contributed by atoms with Crippen molar-refractivity contribution in [2.75, 3.05) is 7.11 Å². The number of pyridine rings is 1. The SMILES string of the molecule is COCc1csc(-c2ccc3ncccc3c2)n1. The molecule has 0 bridgehead atoms. The fourth-order valence-corrected chi connectivity index (χ4v) is 2.66. The minimum absolute atomic E-state index is 0.561. The zero-order chi connectivity index (χ0) is 12.4. The van der Waals surface area contributed by atoms with Crippen molar-refractivity contribution in [1.82, 2.24) is 9.97 Å². The molecular formula is C14H12N2OS. The van der Waals surface area contributed by atoms with Gasteiger partial charge in [0.15, 0.2) is 0 Å². The van der Waals surface area contributed by atoms with Crippen molar-refractivity contribution in [1.29, 1.82) is 0 Å². The van der Waals surface area contributed by atoms with Crippen molar-refractivity contribution in [3.05, 3.63) is 47.6 Å². The van der Waals surface area contributed by atoms with Crippen LogP contribution in [-0.2, 0) is 11.3 Å². The third kappa shape index (κ3) is 2.12. The van der Waals surface area contributed by atoms with Crippen LogP contribution in [0.1, 0.15) is 5.69 Å². The number of benzene rings is 1. The minimum atomic E-state index is 0.561. The highest BCUT2D eigenvalue weighted by Crippen LogP contribution is 2.26. The van der Waals surface area contributed by atoms with Gasteiger partial charge in [-0.2, -0.15) is 0 Å². The molecule has 0 aliphatic heterocycles. The Morgan fingerprint density at radius 1 is 1.28 bits per heavy atom. The molecule has 0 saturated heterocycles. The molecule has 2 aromatic heterocycles. The molecule has 90 valence electrons. The van der Waals surface area contributed by atoms with Crippen molar-refractivity contribution in [3.63, 3.8) is 0 Å². The van der Waals surface area contributed by atoms with Crippen LogP contribution in [0.15, 0.2) is 41.9 Å². The average molecular weight is 256 g/mol. The van der Waals surface area contributed by atoms with Crippen LogP contribution in [0.2, 0.25) is 0 Å². The Balaban J connectivity index is 2.02. The largest absolute Gasteiger partial charge is 0.378 e. The molecule has 0 unspecified atom stereocenters. The van der Waals surface area contributed by atoms with Gasteiger partial charge < -0.3 is 4.74 Å². The Morgan fingerprint density at radius 3 is 3.11 bits per heavy atom. The second kappa shape index (κ2) is 4.84. The first-order valence-electron chi connectivity index (χ1n) is 5.65. The molecule has 2 heterocycles. The van der Waals surface area contributed by atoms with Crippen molar-refractivity contribution in [2.45, 2.75) is 6.61 Å². The maximum atomic E-state index is 5.08. The van der Waals surface area contributed by atoms with Gasteiger partial charge in [-0.15, -0.1) is 11.3 Å². The first-order valence-corrected chi connectivity index (χ1v) is 6.53. The molecule has 0 atom stereocenters. The van der Waals surface area contributed by atoms with E-state index in [2.05, 4.69) is 28.2 Å². The predicted molar refractivity (Wildman–Crippen MR) is 73.6 cm³/mol. The van der Waals surface area contributed by atoms with Crippen LogP contribution in [-0.4, -0.2) is 17.1 Å². The van der Waals surface area contributed by atoms with Gasteiger partial charge in [0.05, 0.1) is 17.8 Å². The van der Waals surface area contributed by atoms with Crippen LogP contribution in [0.3, 0.4) is 0 Å². The molecule has 0 spiro atoms. The minimum Gasteiger partial charge on any atom is -0.378 e. The molecule has 0 aliphatic carbocycles. The average Bonchev–Trinajstić information content (AvgIpc) is 2.87. The molecule has 0 saturated carbocycles. The van der Waals surface area contributed by atoms with Gasteiger partial charge >= 0.3 is 0 Å². The van der Waals surface area contributed by atoms with Gasteiger partial charge in [-0.3, -0.25) is 4.98 Å². The van der Waals surface area contributed by atoms with E-state index in [0.29, 0.717) is 6.61 Å². The summed E-state index contributed by atoms with van der Waals surface area (Å²) in [7, 11) is 1.68. The standard InChI is InChI=1S/C14H12N2OS/c1-17-8-12-9-18-14(16-12)11-4-5-13-10(7-11)3-2-6-15-13/h2-7,9H,8H2,1H3. The normalized spacial score (nSPS) is 10.9. The highest BCUT2D eigenvalue weighted by Gasteiger charge is 2.05. The smallest absolute Gasteiger partial charge is 0.123 e. The number of methoxy groups -OCH3 is 1. The molecule has 0 radical (unpaired) electrons. The summed E-state index contributed by atoms with van der Waals surface area (Å²) in [4.78, 5) is 8.86. The van der Waals surface area contributed by atoms with Crippen molar-refractivity contribution in [2.24, 2.45) is 0 Å². The fourth-order valence-electron chi connectivity index (χ4n) is 1.86. The lowest BCUT2D eigenvalue weighted by molar-refractivity contribution is 0.182. The molecule has 3 nitrogen and oxygen atoms in total. The van der Waals surface area contributed by atoms with E-state index in [4.69, 9.17) is 4.74 Å². The monoisotopic (exact) mass is 256 g/mol. The predicted octanol–water partition coefficient (Wildman–Crippen LogP) is 3.50. The van der Waals surface area contributed by atoms with E-state index in [1.807, 2.05) is 23.7 Å². The van der Waals surface area contributed by atoms with Gasteiger partial charge in [0.25, 0.3) is 0 Å². The van der Waals surface area contributed by atoms with E-state index in [0.717, 1.165) is 27.2 Å². The zero-order valence-corrected chi connectivity index (χ0v) is 10.8. The summed E-state index contributed by atoms with van der Waals surface area (Å²) in [6, 6.07) is 10.2. The number of hydrogen-bond donors (Lipinski definition) is 0. The fraction of sp³-hybridized carbons (Fsp3) is 0.143. The van der Waals surface area contributed by atoms with Gasteiger partial charge in [-0.1, -0.05) is 6.07 Å². The van der Waals surface area contributed by atoms with Crippen molar-refractivity contribution < 1.29 is 4.74 Å². The third-order valence-electron chi connectivity index (χ3n) is 2.69. The number of nitrogens with zero attached hydrogens (tertiary/aromatic N) is 2. The first kappa shape index (κ1) is 11.3. The summed E-state index contributed by atoms with van der Waals surface area (Å²) in [5.41, 5.74) is 3.11. The quantitative estimate of drug-likeness (QED) is 0.719. The topological polar surface area (TPSA) is 35.0 Å². The number of fused-ring (bicyclic) bond motifs is 1. The van der Waals surface area contributed by atoms with E-state index in [9.17, 15) is 0 Å². The highest BCUT2D eigenvalue weighted by atomic mass is 32.1. The van der Waals surface area contributed by atoms with E-state index >= 15 is 0 Å². The van der Waals surface area contributed by atoms with Gasteiger partial charge in [0.1, 0.15) is 5.01 Å². The van der Waals surface area contributed by atoms with E-state index in [1.54, 1.807) is 18.4 Å². The van der Waals surface area contributed by atoms with Crippen LogP contribution in [0.25, 0.3) is 21.5 Å². The number of aromatic nitrogens is 2. The van der Waals surface area contributed by atoms with E-state index in [-0.39, 0.29) is 0 Å². The van der Waals surface area contributed by atoms with Gasteiger partial charge in [-0.05, 0) is 24.3 Å². The highest BCUT2D eigenvalue weighted by molar-refractivity contribution is 7.13. The summed E-state index contributed by atoms with van der Waals surface area (Å²) in [6.45, 7) is 0.561. The molecule has 3 aromatic rings. The lowest BCUT2D eigenvalue weighted by Crippen LogP contribution is -1.87. The zero-order valence-electron chi connectivity index (χ0n) is 9.96. The van der Waals surface area contributed by atoms with E-state index in [1.165, 1.54) is 0 Å². The summed E-state index contributed by atoms with van der Waals surface area (Å²) in [5, 5.41) is 4.19. The second-order valence-electron chi connectivity index (χ2n) is 3.99. The lowest BCUT2D eigenvalue weighted by Gasteiger charge is -1.99. The Morgan fingerprint density at radius 2 is 2.22 bits per heavy atom. The lowest BCUT2D eigenvalue weighted by atomic mass is 10.1. The molecule has 1 aromatic carbocycles. The number of thiazole rings is 1. The van der Waals surface area contributed by atoms with Crippen LogP contribution in [0.4, 0.5) is 0 Å². The number of rotatable bonds is 3. The Bertz CT molecular complexity index is 678. The van der Waals surface area contributed by atoms with Crippen LogP contribution >= 0.6 is 11.3 Å². The number of hydrogen-bond acceptors (Lipinski definition) is 4. The van der Waals surface area contributed by atoms with Crippen LogP contribution < -0.4 is 0 Å². The molecule has 0 aliphatic rings. The maximum Gasteiger partial charge on any atom is 0.123 e. The van der Waals surface area contributed by atoms with Crippen LogP contribution in [0, 0.1) is 0 Å². The molecule has 0 N–H and O–H groups in total. The molecule has 0 amide bonds. The summed E-state index contributed by atoms with van der Waals surface area (Å²) < 4.78 is 5.08. The molecule has 4 heteroatoms. The van der Waals surface area contributed by atoms with Crippen LogP contribution in [0.5, 0.6) is 0 Å². The second-order valence-corrected chi connectivity index (χ2v) is 4.85. The molecule has 18 heavy (non-hydrogen) atoms. The number of ether oxygens (including phenoxy) is 1. The summed E-state index contributed by atoms with van der Waals surface area (Å²) >= 11 is 1.64. The Hall–Kier alpha value is -1.78. The van der Waals surface area contributed by atoms with Gasteiger partial charge in [-0.25, -0.2) is 4.98 Å². The van der Waals surface area contributed by atoms with Gasteiger partial charge in [0.2, 0.25) is 0 Å². The van der Waals surface area contributed by atoms with E-state index < -0.39 is 0 Å². The van der Waals surface area contributed by atoms with Crippen molar-refractivity contribution >= 4 is 22.2 Å².